The zero-order valence-electron chi connectivity index (χ0n) is 35.0. The van der Waals surface area contributed by atoms with Crippen molar-refractivity contribution in [3.63, 3.8) is 0 Å². The first-order valence-corrected chi connectivity index (χ1v) is 21.4. The Morgan fingerprint density at radius 3 is 0.641 bits per heavy atom. The summed E-state index contributed by atoms with van der Waals surface area (Å²) in [5.74, 6) is 0. The van der Waals surface area contributed by atoms with Crippen molar-refractivity contribution < 1.29 is 0 Å². The highest BCUT2D eigenvalue weighted by Crippen LogP contribution is 2.40. The molecule has 0 aromatic heterocycles. The molecule has 0 N–H and O–H groups in total. The number of hydrogen-bond donors (Lipinski definition) is 0. The van der Waals surface area contributed by atoms with Gasteiger partial charge in [-0.25, -0.2) is 0 Å². The Kier molecular flexibility index (Phi) is 10.8. The van der Waals surface area contributed by atoms with Gasteiger partial charge in [-0.05, 0) is 185 Å². The monoisotopic (exact) mass is 812 g/mol. The van der Waals surface area contributed by atoms with Gasteiger partial charge in [-0.2, -0.15) is 10.5 Å². The van der Waals surface area contributed by atoms with Crippen LogP contribution in [0, 0.1) is 22.7 Å². The van der Waals surface area contributed by atoms with Crippen LogP contribution in [0.4, 0.5) is 0 Å². The first-order chi connectivity index (χ1) is 31.6. The average molecular weight is 813 g/mol. The molecular weight excluding hydrogens is 773 g/mol. The van der Waals surface area contributed by atoms with Gasteiger partial charge in [0.2, 0.25) is 0 Å². The van der Waals surface area contributed by atoms with E-state index in [1.807, 2.05) is 60.7 Å². The summed E-state index contributed by atoms with van der Waals surface area (Å²) in [6.07, 6.45) is 0. The SMILES string of the molecule is N#Cc1cc(-c2ccccc2)cc(-c2cc(-c3cccc(-c4cccc(-c5ccccc5)c4)c3)cc(-c3cc(C#N)cc(-c4cc(-c5ccccc5)cc(-c5ccccc5)c4)c3)c2)c1. The smallest absolute Gasteiger partial charge is 0.0992 e. The molecule has 0 aliphatic carbocycles. The van der Waals surface area contributed by atoms with E-state index in [4.69, 9.17) is 0 Å². The van der Waals surface area contributed by atoms with Crippen molar-refractivity contribution in [2.75, 3.05) is 0 Å². The quantitative estimate of drug-likeness (QED) is 0.146. The molecular formula is C62H40N2. The van der Waals surface area contributed by atoms with Crippen LogP contribution < -0.4 is 0 Å². The number of hydrogen-bond acceptors (Lipinski definition) is 2. The third-order valence-electron chi connectivity index (χ3n) is 11.8. The fraction of sp³-hybridized carbons (Fsp3) is 0. The van der Waals surface area contributed by atoms with E-state index in [1.165, 1.54) is 5.56 Å². The Hall–Kier alpha value is -8.82. The molecule has 0 atom stereocenters. The minimum atomic E-state index is 0.573. The second-order valence-electron chi connectivity index (χ2n) is 16.0. The molecule has 0 radical (unpaired) electrons. The summed E-state index contributed by atoms with van der Waals surface area (Å²) in [6, 6.07) is 89.4. The molecule has 0 bridgehead atoms. The van der Waals surface area contributed by atoms with Crippen LogP contribution in [0.1, 0.15) is 11.1 Å². The Bertz CT molecular complexity index is 3320. The van der Waals surface area contributed by atoms with E-state index in [2.05, 4.69) is 194 Å². The molecule has 0 fully saturated rings. The Balaban J connectivity index is 1.15. The Labute approximate surface area is 374 Å². The minimum absolute atomic E-state index is 0.573. The second kappa shape index (κ2) is 17.6. The Morgan fingerprint density at radius 2 is 0.344 bits per heavy atom. The van der Waals surface area contributed by atoms with E-state index in [9.17, 15) is 10.5 Å². The van der Waals surface area contributed by atoms with Gasteiger partial charge in [0.05, 0.1) is 23.3 Å². The molecule has 10 aromatic carbocycles. The van der Waals surface area contributed by atoms with Gasteiger partial charge in [0.1, 0.15) is 0 Å². The topological polar surface area (TPSA) is 47.6 Å². The normalized spacial score (nSPS) is 10.8. The van der Waals surface area contributed by atoms with E-state index in [0.29, 0.717) is 11.1 Å². The van der Waals surface area contributed by atoms with E-state index < -0.39 is 0 Å². The van der Waals surface area contributed by atoms with Crippen molar-refractivity contribution in [1.82, 2.24) is 0 Å². The van der Waals surface area contributed by atoms with Crippen LogP contribution in [0.5, 0.6) is 0 Å². The summed E-state index contributed by atoms with van der Waals surface area (Å²) in [6.45, 7) is 0. The van der Waals surface area contributed by atoms with E-state index in [0.717, 1.165) is 94.6 Å². The standard InChI is InChI=1S/C62H40N2/c63-41-43-27-53(46-17-7-2-8-18-46)33-54(28-43)61-38-59(52-26-14-25-51(32-52)50-24-13-23-49(31-50)45-15-5-1-6-16-45)39-62(40-61)56-30-44(42-64)29-55(34-56)60-36-57(47-19-9-3-10-20-47)35-58(37-60)48-21-11-4-12-22-48/h1-40H. The minimum Gasteiger partial charge on any atom is -0.192 e. The summed E-state index contributed by atoms with van der Waals surface area (Å²) in [5.41, 5.74) is 20.1. The lowest BCUT2D eigenvalue weighted by Crippen LogP contribution is -1.91. The third kappa shape index (κ3) is 8.41. The summed E-state index contributed by atoms with van der Waals surface area (Å²) >= 11 is 0. The molecule has 2 heteroatoms. The molecule has 0 saturated carbocycles. The van der Waals surface area contributed by atoms with Crippen molar-refractivity contribution in [1.29, 1.82) is 10.5 Å². The molecule has 0 amide bonds. The maximum atomic E-state index is 10.6. The summed E-state index contributed by atoms with van der Waals surface area (Å²) in [4.78, 5) is 0. The molecule has 10 rings (SSSR count). The molecule has 64 heavy (non-hydrogen) atoms. The van der Waals surface area contributed by atoms with Crippen LogP contribution in [0.2, 0.25) is 0 Å². The average Bonchev–Trinajstić information content (AvgIpc) is 3.39. The molecule has 0 spiro atoms. The fourth-order valence-electron chi connectivity index (χ4n) is 8.59. The molecule has 0 heterocycles. The summed E-state index contributed by atoms with van der Waals surface area (Å²) in [5, 5.41) is 20.8. The summed E-state index contributed by atoms with van der Waals surface area (Å²) in [7, 11) is 0. The lowest BCUT2D eigenvalue weighted by Gasteiger charge is -2.16. The predicted octanol–water partition coefficient (Wildman–Crippen LogP) is 16.4. The lowest BCUT2D eigenvalue weighted by atomic mass is 9.88. The van der Waals surface area contributed by atoms with Gasteiger partial charge in [0.25, 0.3) is 0 Å². The van der Waals surface area contributed by atoms with Crippen LogP contribution in [0.3, 0.4) is 0 Å². The lowest BCUT2D eigenvalue weighted by molar-refractivity contribution is 1.47. The predicted molar refractivity (Wildman–Crippen MR) is 265 cm³/mol. The van der Waals surface area contributed by atoms with Gasteiger partial charge in [0.15, 0.2) is 0 Å². The number of benzene rings is 10. The van der Waals surface area contributed by atoms with Gasteiger partial charge in [-0.1, -0.05) is 158 Å². The highest BCUT2D eigenvalue weighted by molar-refractivity contribution is 5.88. The zero-order chi connectivity index (χ0) is 43.2. The summed E-state index contributed by atoms with van der Waals surface area (Å²) < 4.78 is 0. The van der Waals surface area contributed by atoms with Crippen LogP contribution in [-0.2, 0) is 0 Å². The first-order valence-electron chi connectivity index (χ1n) is 21.4. The van der Waals surface area contributed by atoms with Crippen LogP contribution in [-0.4, -0.2) is 0 Å². The molecule has 2 nitrogen and oxygen atoms in total. The largest absolute Gasteiger partial charge is 0.192 e. The van der Waals surface area contributed by atoms with Crippen LogP contribution >= 0.6 is 0 Å². The fourth-order valence-corrected chi connectivity index (χ4v) is 8.59. The number of rotatable bonds is 9. The van der Waals surface area contributed by atoms with Crippen LogP contribution in [0.15, 0.2) is 243 Å². The van der Waals surface area contributed by atoms with Gasteiger partial charge < -0.3 is 0 Å². The Morgan fingerprint density at radius 1 is 0.172 bits per heavy atom. The van der Waals surface area contributed by atoms with Gasteiger partial charge in [-0.3, -0.25) is 0 Å². The number of nitriles is 2. The van der Waals surface area contributed by atoms with Crippen molar-refractivity contribution in [2.45, 2.75) is 0 Å². The van der Waals surface area contributed by atoms with Gasteiger partial charge in [0, 0.05) is 0 Å². The molecule has 0 unspecified atom stereocenters. The van der Waals surface area contributed by atoms with E-state index in [1.54, 1.807) is 0 Å². The first kappa shape index (κ1) is 39.3. The van der Waals surface area contributed by atoms with Crippen molar-refractivity contribution in [3.8, 4) is 112 Å². The highest BCUT2D eigenvalue weighted by atomic mass is 14.3. The zero-order valence-corrected chi connectivity index (χ0v) is 35.0. The highest BCUT2D eigenvalue weighted by Gasteiger charge is 2.15. The van der Waals surface area contributed by atoms with E-state index in [-0.39, 0.29) is 0 Å². The van der Waals surface area contributed by atoms with Crippen molar-refractivity contribution in [2.24, 2.45) is 0 Å². The van der Waals surface area contributed by atoms with Crippen molar-refractivity contribution in [3.05, 3.63) is 254 Å². The maximum absolute atomic E-state index is 10.6. The van der Waals surface area contributed by atoms with Gasteiger partial charge >= 0.3 is 0 Å². The van der Waals surface area contributed by atoms with Crippen molar-refractivity contribution >= 4 is 0 Å². The molecule has 0 saturated heterocycles. The molecule has 0 aliphatic heterocycles. The molecule has 10 aromatic rings. The molecule has 298 valence electrons. The number of nitrogens with zero attached hydrogens (tertiary/aromatic N) is 2. The third-order valence-corrected chi connectivity index (χ3v) is 11.8. The second-order valence-corrected chi connectivity index (χ2v) is 16.0. The van der Waals surface area contributed by atoms with Crippen LogP contribution in [0.25, 0.3) is 100 Å². The molecule has 0 aliphatic rings. The van der Waals surface area contributed by atoms with E-state index >= 15 is 0 Å². The maximum Gasteiger partial charge on any atom is 0.0992 e. The van der Waals surface area contributed by atoms with Gasteiger partial charge in [-0.15, -0.1) is 0 Å².